The molecule has 0 spiro atoms. The molecule has 2 aliphatic rings. The van der Waals surface area contributed by atoms with Crippen molar-refractivity contribution in [3.63, 3.8) is 0 Å². The van der Waals surface area contributed by atoms with E-state index < -0.39 is 0 Å². The van der Waals surface area contributed by atoms with Gasteiger partial charge in [-0.25, -0.2) is 4.98 Å². The Morgan fingerprint density at radius 2 is 2.05 bits per heavy atom. The zero-order valence-electron chi connectivity index (χ0n) is 13.8. The number of rotatable bonds is 6. The van der Waals surface area contributed by atoms with Crippen molar-refractivity contribution >= 4 is 0 Å². The normalized spacial score (nSPS) is 25.2. The Hall–Kier alpha value is -0.830. The first-order valence-electron chi connectivity index (χ1n) is 9.08. The maximum absolute atomic E-state index is 4.81. The smallest absolute Gasteiger partial charge is 0.106 e. The molecule has 2 aliphatic carbocycles. The Balaban J connectivity index is 1.61. The minimum Gasteiger partial charge on any atom is -0.332 e. The average molecular weight is 289 g/mol. The number of hydrogen-bond acceptors (Lipinski definition) is 2. The highest BCUT2D eigenvalue weighted by molar-refractivity contribution is 5.19. The largest absolute Gasteiger partial charge is 0.332 e. The summed E-state index contributed by atoms with van der Waals surface area (Å²) in [6.45, 7) is 6.82. The lowest BCUT2D eigenvalue weighted by Crippen LogP contribution is -2.33. The van der Waals surface area contributed by atoms with Crippen molar-refractivity contribution in [3.8, 4) is 0 Å². The zero-order chi connectivity index (χ0) is 14.7. The monoisotopic (exact) mass is 289 g/mol. The van der Waals surface area contributed by atoms with Crippen LogP contribution in [0.25, 0.3) is 0 Å². The van der Waals surface area contributed by atoms with E-state index in [1.54, 1.807) is 5.69 Å². The van der Waals surface area contributed by atoms with Crippen LogP contribution in [-0.4, -0.2) is 22.1 Å². The molecule has 118 valence electrons. The van der Waals surface area contributed by atoms with Crippen LogP contribution >= 0.6 is 0 Å². The predicted octanol–water partition coefficient (Wildman–Crippen LogP) is 3.63. The van der Waals surface area contributed by atoms with Crippen molar-refractivity contribution in [2.75, 3.05) is 6.54 Å². The first kappa shape index (κ1) is 15.1. The number of hydrogen-bond donors (Lipinski definition) is 1. The molecule has 2 unspecified atom stereocenters. The van der Waals surface area contributed by atoms with E-state index in [-0.39, 0.29) is 0 Å². The summed E-state index contributed by atoms with van der Waals surface area (Å²) in [7, 11) is 0. The number of aromatic nitrogens is 2. The van der Waals surface area contributed by atoms with Crippen molar-refractivity contribution in [1.29, 1.82) is 0 Å². The molecular formula is C18H31N3. The van der Waals surface area contributed by atoms with Gasteiger partial charge in [-0.3, -0.25) is 0 Å². The Labute approximate surface area is 129 Å². The molecule has 3 nitrogen and oxygen atoms in total. The van der Waals surface area contributed by atoms with E-state index in [4.69, 9.17) is 4.98 Å². The van der Waals surface area contributed by atoms with Crippen LogP contribution in [0.2, 0.25) is 0 Å². The highest BCUT2D eigenvalue weighted by Gasteiger charge is 2.27. The Morgan fingerprint density at radius 1 is 1.19 bits per heavy atom. The fourth-order valence-corrected chi connectivity index (χ4v) is 4.31. The fraction of sp³-hybridized carbons (Fsp3) is 0.833. The molecule has 1 aromatic rings. The minimum atomic E-state index is 0.768. The summed E-state index contributed by atoms with van der Waals surface area (Å²) in [5.74, 6) is 2.12. The number of fused-ring (bicyclic) bond motifs is 1. The second kappa shape index (κ2) is 6.95. The maximum Gasteiger partial charge on any atom is 0.106 e. The fourth-order valence-electron chi connectivity index (χ4n) is 4.31. The summed E-state index contributed by atoms with van der Waals surface area (Å²) in [6, 6.07) is 0.768. The molecule has 0 aliphatic heterocycles. The van der Waals surface area contributed by atoms with E-state index in [1.165, 1.54) is 82.4 Å². The van der Waals surface area contributed by atoms with E-state index >= 15 is 0 Å². The lowest BCUT2D eigenvalue weighted by molar-refractivity contribution is 0.357. The second-order valence-electron chi connectivity index (χ2n) is 6.95. The molecule has 0 amide bonds. The molecule has 3 heteroatoms. The Morgan fingerprint density at radius 3 is 2.90 bits per heavy atom. The van der Waals surface area contributed by atoms with E-state index in [0.717, 1.165) is 12.0 Å². The molecule has 1 N–H and O–H groups in total. The number of nitrogens with one attached hydrogen (secondary N) is 1. The molecule has 3 rings (SSSR count). The molecule has 0 saturated heterocycles. The van der Waals surface area contributed by atoms with Crippen LogP contribution < -0.4 is 5.32 Å². The highest BCUT2D eigenvalue weighted by atomic mass is 15.1. The van der Waals surface area contributed by atoms with Gasteiger partial charge in [-0.15, -0.1) is 0 Å². The minimum absolute atomic E-state index is 0.768. The summed E-state index contributed by atoms with van der Waals surface area (Å²) in [6.07, 6.45) is 11.9. The number of aryl methyl sites for hydroxylation is 2. The van der Waals surface area contributed by atoms with Crippen molar-refractivity contribution < 1.29 is 0 Å². The molecule has 1 heterocycles. The lowest BCUT2D eigenvalue weighted by atomic mass is 9.98. The van der Waals surface area contributed by atoms with Gasteiger partial charge in [0, 0.05) is 18.3 Å². The van der Waals surface area contributed by atoms with Gasteiger partial charge in [-0.05, 0) is 70.8 Å². The molecule has 0 radical (unpaired) electrons. The van der Waals surface area contributed by atoms with Crippen molar-refractivity contribution in [2.45, 2.75) is 84.2 Å². The predicted molar refractivity (Wildman–Crippen MR) is 87.6 cm³/mol. The molecule has 2 atom stereocenters. The van der Waals surface area contributed by atoms with Crippen LogP contribution in [0, 0.1) is 12.8 Å². The molecule has 21 heavy (non-hydrogen) atoms. The van der Waals surface area contributed by atoms with Crippen LogP contribution in [0.4, 0.5) is 0 Å². The maximum atomic E-state index is 4.81. The zero-order valence-corrected chi connectivity index (χ0v) is 13.8. The lowest BCUT2D eigenvalue weighted by Gasteiger charge is -2.22. The summed E-state index contributed by atoms with van der Waals surface area (Å²) >= 11 is 0. The van der Waals surface area contributed by atoms with Crippen LogP contribution in [0.1, 0.15) is 69.1 Å². The standard InChI is InChI=1S/C18H31N3/c1-3-12-19-16-9-6-7-15(16)11-13-21-14(2)20-17-8-4-5-10-18(17)21/h15-16,19H,3-13H2,1-2H3. The average Bonchev–Trinajstić information content (AvgIpc) is 3.06. The number of nitrogens with zero attached hydrogens (tertiary/aromatic N) is 2. The Kier molecular flexibility index (Phi) is 4.99. The molecule has 0 aromatic carbocycles. The molecular weight excluding hydrogens is 258 g/mol. The van der Waals surface area contributed by atoms with Gasteiger partial charge in [-0.1, -0.05) is 13.3 Å². The third kappa shape index (κ3) is 3.33. The second-order valence-corrected chi connectivity index (χ2v) is 6.95. The SMILES string of the molecule is CCCNC1CCCC1CCn1c(C)nc2c1CCCC2. The van der Waals surface area contributed by atoms with Crippen molar-refractivity contribution in [3.05, 3.63) is 17.2 Å². The molecule has 1 saturated carbocycles. The van der Waals surface area contributed by atoms with Crippen molar-refractivity contribution in [2.24, 2.45) is 5.92 Å². The van der Waals surface area contributed by atoms with Gasteiger partial charge in [0.25, 0.3) is 0 Å². The van der Waals surface area contributed by atoms with E-state index in [9.17, 15) is 0 Å². The van der Waals surface area contributed by atoms with Crippen LogP contribution in [0.15, 0.2) is 0 Å². The summed E-state index contributed by atoms with van der Waals surface area (Å²) in [5.41, 5.74) is 2.95. The molecule has 0 bridgehead atoms. The van der Waals surface area contributed by atoms with Crippen LogP contribution in [0.3, 0.4) is 0 Å². The van der Waals surface area contributed by atoms with Gasteiger partial charge in [0.15, 0.2) is 0 Å². The quantitative estimate of drug-likeness (QED) is 0.866. The van der Waals surface area contributed by atoms with Crippen LogP contribution in [-0.2, 0) is 19.4 Å². The first-order chi connectivity index (χ1) is 10.3. The Bertz CT molecular complexity index is 463. The van der Waals surface area contributed by atoms with E-state index in [1.807, 2.05) is 0 Å². The molecule has 1 fully saturated rings. The highest BCUT2D eigenvalue weighted by Crippen LogP contribution is 2.30. The van der Waals surface area contributed by atoms with Gasteiger partial charge in [0.2, 0.25) is 0 Å². The summed E-state index contributed by atoms with van der Waals surface area (Å²) in [5, 5.41) is 3.76. The first-order valence-corrected chi connectivity index (χ1v) is 9.08. The van der Waals surface area contributed by atoms with Gasteiger partial charge < -0.3 is 9.88 Å². The van der Waals surface area contributed by atoms with E-state index in [0.29, 0.717) is 0 Å². The third-order valence-corrected chi connectivity index (χ3v) is 5.46. The van der Waals surface area contributed by atoms with Crippen molar-refractivity contribution in [1.82, 2.24) is 14.9 Å². The third-order valence-electron chi connectivity index (χ3n) is 5.46. The topological polar surface area (TPSA) is 29.9 Å². The van der Waals surface area contributed by atoms with Gasteiger partial charge >= 0.3 is 0 Å². The summed E-state index contributed by atoms with van der Waals surface area (Å²) in [4.78, 5) is 4.81. The molecule has 1 aromatic heterocycles. The van der Waals surface area contributed by atoms with E-state index in [2.05, 4.69) is 23.7 Å². The van der Waals surface area contributed by atoms with Gasteiger partial charge in [0.05, 0.1) is 5.69 Å². The number of imidazole rings is 1. The van der Waals surface area contributed by atoms with Crippen LogP contribution in [0.5, 0.6) is 0 Å². The van der Waals surface area contributed by atoms with Gasteiger partial charge in [0.1, 0.15) is 5.82 Å². The summed E-state index contributed by atoms with van der Waals surface area (Å²) < 4.78 is 2.53. The van der Waals surface area contributed by atoms with Gasteiger partial charge in [-0.2, -0.15) is 0 Å².